The zero-order valence-corrected chi connectivity index (χ0v) is 13.0. The molecule has 0 radical (unpaired) electrons. The van der Waals surface area contributed by atoms with Crippen LogP contribution in [0.25, 0.3) is 0 Å². The zero-order chi connectivity index (χ0) is 14.8. The van der Waals surface area contributed by atoms with Crippen molar-refractivity contribution in [2.45, 2.75) is 32.8 Å². The maximum absolute atomic E-state index is 10.1. The first-order valence-electron chi connectivity index (χ1n) is 7.13. The third kappa shape index (κ3) is 5.80. The van der Waals surface area contributed by atoms with Crippen molar-refractivity contribution in [1.29, 1.82) is 0 Å². The Morgan fingerprint density at radius 2 is 2.05 bits per heavy atom. The van der Waals surface area contributed by atoms with Gasteiger partial charge in [-0.3, -0.25) is 4.99 Å². The lowest BCUT2D eigenvalue weighted by Gasteiger charge is -2.13. The van der Waals surface area contributed by atoms with Crippen molar-refractivity contribution < 1.29 is 5.11 Å². The minimum Gasteiger partial charge on any atom is -0.386 e. The number of hydrogen-bond donors (Lipinski definition) is 3. The molecule has 0 heterocycles. The Labute approximate surface area is 126 Å². The monoisotopic (exact) mass is 297 g/mol. The van der Waals surface area contributed by atoms with Crippen LogP contribution in [-0.4, -0.2) is 30.7 Å². The molecular formula is C15H24ClN3O. The van der Waals surface area contributed by atoms with Crippen LogP contribution in [0.2, 0.25) is 5.02 Å². The van der Waals surface area contributed by atoms with E-state index in [1.165, 1.54) is 0 Å². The smallest absolute Gasteiger partial charge is 0.191 e. The van der Waals surface area contributed by atoms with Crippen LogP contribution in [0.15, 0.2) is 29.3 Å². The molecule has 0 aromatic heterocycles. The van der Waals surface area contributed by atoms with E-state index in [2.05, 4.69) is 22.5 Å². The number of hydrogen-bond acceptors (Lipinski definition) is 2. The van der Waals surface area contributed by atoms with Crippen molar-refractivity contribution in [3.63, 3.8) is 0 Å². The minimum atomic E-state index is -0.690. The largest absolute Gasteiger partial charge is 0.386 e. The summed E-state index contributed by atoms with van der Waals surface area (Å²) in [6.07, 6.45) is 1.54. The number of nitrogens with one attached hydrogen (secondary N) is 2. The fourth-order valence-electron chi connectivity index (χ4n) is 1.75. The Kier molecular flexibility index (Phi) is 8.07. The summed E-state index contributed by atoms with van der Waals surface area (Å²) in [4.78, 5) is 4.39. The van der Waals surface area contributed by atoms with Gasteiger partial charge < -0.3 is 15.7 Å². The fourth-order valence-corrected chi connectivity index (χ4v) is 2.01. The summed E-state index contributed by atoms with van der Waals surface area (Å²) in [6, 6.07) is 7.30. The van der Waals surface area contributed by atoms with E-state index < -0.39 is 6.10 Å². The molecule has 0 bridgehead atoms. The van der Waals surface area contributed by atoms with Gasteiger partial charge in [0.15, 0.2) is 5.96 Å². The van der Waals surface area contributed by atoms with Gasteiger partial charge >= 0.3 is 0 Å². The number of halogens is 1. The highest BCUT2D eigenvalue weighted by molar-refractivity contribution is 6.31. The molecule has 0 amide bonds. The zero-order valence-electron chi connectivity index (χ0n) is 12.2. The van der Waals surface area contributed by atoms with Gasteiger partial charge in [-0.1, -0.05) is 43.1 Å². The molecule has 112 valence electrons. The van der Waals surface area contributed by atoms with E-state index >= 15 is 0 Å². The lowest BCUT2D eigenvalue weighted by Crippen LogP contribution is -2.38. The van der Waals surface area contributed by atoms with Gasteiger partial charge in [-0.25, -0.2) is 0 Å². The first-order valence-corrected chi connectivity index (χ1v) is 7.51. The van der Waals surface area contributed by atoms with Crippen molar-refractivity contribution in [1.82, 2.24) is 10.6 Å². The molecule has 0 fully saturated rings. The Balaban J connectivity index is 2.59. The molecule has 1 rings (SSSR count). The molecule has 20 heavy (non-hydrogen) atoms. The molecule has 5 heteroatoms. The van der Waals surface area contributed by atoms with Gasteiger partial charge in [0.2, 0.25) is 0 Å². The maximum atomic E-state index is 10.1. The van der Waals surface area contributed by atoms with Crippen LogP contribution in [-0.2, 0) is 0 Å². The summed E-state index contributed by atoms with van der Waals surface area (Å²) in [7, 11) is 0. The second kappa shape index (κ2) is 9.61. The highest BCUT2D eigenvalue weighted by Gasteiger charge is 2.10. The number of aliphatic hydroxyl groups excluding tert-OH is 1. The van der Waals surface area contributed by atoms with Crippen LogP contribution >= 0.6 is 11.6 Å². The van der Waals surface area contributed by atoms with Crippen molar-refractivity contribution in [3.8, 4) is 0 Å². The van der Waals surface area contributed by atoms with Gasteiger partial charge in [-0.15, -0.1) is 0 Å². The predicted octanol–water partition coefficient (Wildman–Crippen LogP) is 2.73. The van der Waals surface area contributed by atoms with E-state index in [-0.39, 0.29) is 6.54 Å². The molecule has 4 nitrogen and oxygen atoms in total. The SMILES string of the molecule is CCCCNC(=NCC(O)c1ccccc1Cl)NCC. The number of aliphatic imine (C=N–C) groups is 1. The lowest BCUT2D eigenvalue weighted by molar-refractivity contribution is 0.187. The van der Waals surface area contributed by atoms with E-state index in [4.69, 9.17) is 11.6 Å². The van der Waals surface area contributed by atoms with Crippen molar-refractivity contribution >= 4 is 17.6 Å². The first kappa shape index (κ1) is 16.8. The van der Waals surface area contributed by atoms with Crippen LogP contribution in [0, 0.1) is 0 Å². The number of unbranched alkanes of at least 4 members (excludes halogenated alkanes) is 1. The fraction of sp³-hybridized carbons (Fsp3) is 0.533. The Bertz CT molecular complexity index is 423. The number of nitrogens with zero attached hydrogens (tertiary/aromatic N) is 1. The summed E-state index contributed by atoms with van der Waals surface area (Å²) in [5, 5.41) is 17.1. The van der Waals surface area contributed by atoms with Crippen molar-refractivity contribution in [2.75, 3.05) is 19.6 Å². The quantitative estimate of drug-likeness (QED) is 0.412. The molecule has 0 spiro atoms. The summed E-state index contributed by atoms with van der Waals surface area (Å²) >= 11 is 6.06. The number of rotatable bonds is 7. The normalized spacial score (nSPS) is 13.1. The van der Waals surface area contributed by atoms with Gasteiger partial charge in [-0.05, 0) is 19.4 Å². The molecule has 3 N–H and O–H groups in total. The highest BCUT2D eigenvalue weighted by Crippen LogP contribution is 2.22. The van der Waals surface area contributed by atoms with E-state index in [9.17, 15) is 5.11 Å². The Hall–Kier alpha value is -1.26. The summed E-state index contributed by atoms with van der Waals surface area (Å²) in [6.45, 7) is 6.12. The first-order chi connectivity index (χ1) is 9.69. The van der Waals surface area contributed by atoms with Crippen LogP contribution in [0.1, 0.15) is 38.4 Å². The number of guanidine groups is 1. The molecule has 0 saturated carbocycles. The van der Waals surface area contributed by atoms with Gasteiger partial charge in [0.1, 0.15) is 6.10 Å². The third-order valence-electron chi connectivity index (χ3n) is 2.85. The van der Waals surface area contributed by atoms with Crippen LogP contribution < -0.4 is 10.6 Å². The highest BCUT2D eigenvalue weighted by atomic mass is 35.5. The number of benzene rings is 1. The molecule has 1 aromatic carbocycles. The molecule has 1 aromatic rings. The minimum absolute atomic E-state index is 0.283. The van der Waals surface area contributed by atoms with Gasteiger partial charge in [-0.2, -0.15) is 0 Å². The van der Waals surface area contributed by atoms with Gasteiger partial charge in [0.05, 0.1) is 6.54 Å². The van der Waals surface area contributed by atoms with E-state index in [0.29, 0.717) is 10.6 Å². The van der Waals surface area contributed by atoms with Gasteiger partial charge in [0, 0.05) is 23.7 Å². The summed E-state index contributed by atoms with van der Waals surface area (Å²) in [5.41, 5.74) is 0.710. The third-order valence-corrected chi connectivity index (χ3v) is 3.20. The Morgan fingerprint density at radius 3 is 2.70 bits per heavy atom. The number of aliphatic hydroxyl groups is 1. The van der Waals surface area contributed by atoms with Gasteiger partial charge in [0.25, 0.3) is 0 Å². The van der Waals surface area contributed by atoms with Crippen LogP contribution in [0.5, 0.6) is 0 Å². The molecule has 1 unspecified atom stereocenters. The van der Waals surface area contributed by atoms with Crippen molar-refractivity contribution in [3.05, 3.63) is 34.9 Å². The molecule has 0 saturated heterocycles. The van der Waals surface area contributed by atoms with Crippen LogP contribution in [0.4, 0.5) is 0 Å². The van der Waals surface area contributed by atoms with Crippen LogP contribution in [0.3, 0.4) is 0 Å². The van der Waals surface area contributed by atoms with E-state index in [1.807, 2.05) is 25.1 Å². The lowest BCUT2D eigenvalue weighted by atomic mass is 10.1. The molecule has 1 atom stereocenters. The standard InChI is InChI=1S/C15H24ClN3O/c1-3-5-10-18-15(17-4-2)19-11-14(20)12-8-6-7-9-13(12)16/h6-9,14,20H,3-5,10-11H2,1-2H3,(H2,17,18,19). The second-order valence-corrected chi connectivity index (χ2v) is 4.94. The molecular weight excluding hydrogens is 274 g/mol. The predicted molar refractivity (Wildman–Crippen MR) is 85.3 cm³/mol. The average molecular weight is 298 g/mol. The molecule has 0 aliphatic heterocycles. The van der Waals surface area contributed by atoms with E-state index in [1.54, 1.807) is 6.07 Å². The van der Waals surface area contributed by atoms with Crippen molar-refractivity contribution in [2.24, 2.45) is 4.99 Å². The maximum Gasteiger partial charge on any atom is 0.191 e. The summed E-state index contributed by atoms with van der Waals surface area (Å²) < 4.78 is 0. The summed E-state index contributed by atoms with van der Waals surface area (Å²) in [5.74, 6) is 0.729. The second-order valence-electron chi connectivity index (χ2n) is 4.54. The average Bonchev–Trinajstić information content (AvgIpc) is 2.45. The molecule has 0 aliphatic carbocycles. The molecule has 0 aliphatic rings. The van der Waals surface area contributed by atoms with E-state index in [0.717, 1.165) is 31.9 Å². The Morgan fingerprint density at radius 1 is 1.30 bits per heavy atom. The topological polar surface area (TPSA) is 56.7 Å².